The smallest absolute Gasteiger partial charge is 0.127 e. The molecule has 0 aliphatic carbocycles. The van der Waals surface area contributed by atoms with Crippen LogP contribution in [0.5, 0.6) is 0 Å². The first-order chi connectivity index (χ1) is 10.2. The molecule has 0 radical (unpaired) electrons. The molecule has 2 rings (SSSR count). The van der Waals surface area contributed by atoms with Crippen LogP contribution in [-0.4, -0.2) is 18.5 Å². The molecule has 21 heavy (non-hydrogen) atoms. The van der Waals surface area contributed by atoms with Crippen LogP contribution in [0.4, 0.5) is 4.39 Å². The Morgan fingerprint density at radius 1 is 1.00 bits per heavy atom. The van der Waals surface area contributed by atoms with Crippen molar-refractivity contribution in [2.24, 2.45) is 0 Å². The van der Waals surface area contributed by atoms with E-state index in [4.69, 9.17) is 0 Å². The molecule has 2 aromatic carbocycles. The van der Waals surface area contributed by atoms with Gasteiger partial charge >= 0.3 is 0 Å². The monoisotopic (exact) mass is 286 g/mol. The van der Waals surface area contributed by atoms with Crippen LogP contribution in [0.2, 0.25) is 0 Å². The molecule has 1 N–H and O–H groups in total. The summed E-state index contributed by atoms with van der Waals surface area (Å²) in [4.78, 5) is 2.25. The molecule has 0 saturated carbocycles. The van der Waals surface area contributed by atoms with E-state index < -0.39 is 0 Å². The number of benzene rings is 2. The third-order valence-electron chi connectivity index (χ3n) is 3.58. The second-order valence-corrected chi connectivity index (χ2v) is 5.24. The van der Waals surface area contributed by atoms with E-state index in [1.807, 2.05) is 37.4 Å². The first kappa shape index (κ1) is 15.7. The second-order valence-electron chi connectivity index (χ2n) is 5.24. The number of hydrogen-bond donors (Lipinski definition) is 1. The van der Waals surface area contributed by atoms with Gasteiger partial charge in [-0.25, -0.2) is 4.39 Å². The van der Waals surface area contributed by atoms with Crippen LogP contribution < -0.4 is 5.32 Å². The fourth-order valence-electron chi connectivity index (χ4n) is 2.43. The summed E-state index contributed by atoms with van der Waals surface area (Å²) < 4.78 is 14.0. The molecule has 0 atom stereocenters. The molecule has 0 aromatic heterocycles. The van der Waals surface area contributed by atoms with E-state index in [-0.39, 0.29) is 5.82 Å². The Morgan fingerprint density at radius 3 is 2.43 bits per heavy atom. The zero-order valence-electron chi connectivity index (χ0n) is 12.8. The molecule has 112 valence electrons. The Morgan fingerprint density at radius 2 is 1.76 bits per heavy atom. The highest BCUT2D eigenvalue weighted by Gasteiger charge is 2.09. The van der Waals surface area contributed by atoms with Crippen LogP contribution in [0.25, 0.3) is 0 Å². The van der Waals surface area contributed by atoms with Crippen LogP contribution in [0.15, 0.2) is 48.5 Å². The lowest BCUT2D eigenvalue weighted by Crippen LogP contribution is -2.23. The first-order valence-electron chi connectivity index (χ1n) is 7.41. The third kappa shape index (κ3) is 4.66. The number of halogens is 1. The molecule has 0 aliphatic rings. The minimum atomic E-state index is -0.124. The van der Waals surface area contributed by atoms with Crippen molar-refractivity contribution in [1.82, 2.24) is 10.2 Å². The summed E-state index contributed by atoms with van der Waals surface area (Å²) in [5.41, 5.74) is 3.14. The van der Waals surface area contributed by atoms with Gasteiger partial charge in [0, 0.05) is 25.2 Å². The highest BCUT2D eigenvalue weighted by atomic mass is 19.1. The van der Waals surface area contributed by atoms with Gasteiger partial charge < -0.3 is 5.32 Å². The summed E-state index contributed by atoms with van der Waals surface area (Å²) in [5, 5.41) is 3.10. The lowest BCUT2D eigenvalue weighted by Gasteiger charge is -2.21. The predicted molar refractivity (Wildman–Crippen MR) is 85.4 cm³/mol. The summed E-state index contributed by atoms with van der Waals surface area (Å²) in [6.07, 6.45) is 0. The molecule has 0 spiro atoms. The molecule has 0 amide bonds. The standard InChI is InChI=1S/C18H23FN2/c1-3-21(13-15-7-5-4-6-8-15)14-17-11-16(12-20-2)9-10-18(17)19/h4-11,20H,3,12-14H2,1-2H3. The first-order valence-corrected chi connectivity index (χ1v) is 7.41. The molecule has 0 unspecified atom stereocenters. The number of nitrogens with one attached hydrogen (secondary N) is 1. The van der Waals surface area contributed by atoms with Gasteiger partial charge in [-0.05, 0) is 30.8 Å². The summed E-state index contributed by atoms with van der Waals surface area (Å²) in [5.74, 6) is -0.124. The lowest BCUT2D eigenvalue weighted by molar-refractivity contribution is 0.267. The van der Waals surface area contributed by atoms with E-state index in [1.165, 1.54) is 5.56 Å². The Hall–Kier alpha value is -1.71. The molecule has 0 heterocycles. The van der Waals surface area contributed by atoms with Gasteiger partial charge in [0.1, 0.15) is 5.82 Å². The summed E-state index contributed by atoms with van der Waals surface area (Å²) >= 11 is 0. The van der Waals surface area contributed by atoms with Crippen LogP contribution in [0.3, 0.4) is 0 Å². The van der Waals surface area contributed by atoms with Crippen molar-refractivity contribution in [1.29, 1.82) is 0 Å². The summed E-state index contributed by atoms with van der Waals surface area (Å²) in [6, 6.07) is 15.7. The van der Waals surface area contributed by atoms with Crippen LogP contribution in [0, 0.1) is 5.82 Å². The molecule has 0 saturated heterocycles. The van der Waals surface area contributed by atoms with Crippen molar-refractivity contribution in [3.05, 3.63) is 71.0 Å². The Kier molecular flexibility index (Phi) is 5.90. The van der Waals surface area contributed by atoms with Crippen molar-refractivity contribution < 1.29 is 4.39 Å². The van der Waals surface area contributed by atoms with Crippen molar-refractivity contribution in [2.45, 2.75) is 26.6 Å². The predicted octanol–water partition coefficient (Wildman–Crippen LogP) is 3.57. The summed E-state index contributed by atoms with van der Waals surface area (Å²) in [7, 11) is 1.90. The maximum Gasteiger partial charge on any atom is 0.127 e. The molecular formula is C18H23FN2. The maximum atomic E-state index is 14.0. The van der Waals surface area contributed by atoms with E-state index in [0.717, 1.165) is 30.8 Å². The maximum absolute atomic E-state index is 14.0. The third-order valence-corrected chi connectivity index (χ3v) is 3.58. The van der Waals surface area contributed by atoms with E-state index in [9.17, 15) is 4.39 Å². The minimum Gasteiger partial charge on any atom is -0.316 e. The molecule has 0 fully saturated rings. The van der Waals surface area contributed by atoms with E-state index in [2.05, 4.69) is 29.3 Å². The number of rotatable bonds is 7. The van der Waals surface area contributed by atoms with Gasteiger partial charge in [-0.3, -0.25) is 4.90 Å². The zero-order chi connectivity index (χ0) is 15.1. The average molecular weight is 286 g/mol. The SMILES string of the molecule is CCN(Cc1ccccc1)Cc1cc(CNC)ccc1F. The van der Waals surface area contributed by atoms with E-state index in [0.29, 0.717) is 6.54 Å². The van der Waals surface area contributed by atoms with Crippen molar-refractivity contribution in [3.63, 3.8) is 0 Å². The zero-order valence-corrected chi connectivity index (χ0v) is 12.8. The molecule has 0 bridgehead atoms. The Balaban J connectivity index is 2.09. The van der Waals surface area contributed by atoms with Crippen molar-refractivity contribution in [2.75, 3.05) is 13.6 Å². The van der Waals surface area contributed by atoms with Crippen LogP contribution in [-0.2, 0) is 19.6 Å². The van der Waals surface area contributed by atoms with Gasteiger partial charge in [0.2, 0.25) is 0 Å². The quantitative estimate of drug-likeness (QED) is 0.837. The Bertz CT molecular complexity index is 554. The highest BCUT2D eigenvalue weighted by molar-refractivity contribution is 5.25. The fourth-order valence-corrected chi connectivity index (χ4v) is 2.43. The lowest BCUT2D eigenvalue weighted by atomic mass is 10.1. The van der Waals surface area contributed by atoms with Gasteiger partial charge in [0.05, 0.1) is 0 Å². The molecule has 2 nitrogen and oxygen atoms in total. The fraction of sp³-hybridized carbons (Fsp3) is 0.333. The number of hydrogen-bond acceptors (Lipinski definition) is 2. The second kappa shape index (κ2) is 7.91. The van der Waals surface area contributed by atoms with E-state index in [1.54, 1.807) is 6.07 Å². The van der Waals surface area contributed by atoms with Gasteiger partial charge in [-0.1, -0.05) is 49.4 Å². The molecule has 2 aromatic rings. The van der Waals surface area contributed by atoms with Crippen LogP contribution in [0.1, 0.15) is 23.6 Å². The van der Waals surface area contributed by atoms with Crippen LogP contribution >= 0.6 is 0 Å². The van der Waals surface area contributed by atoms with Gasteiger partial charge in [-0.15, -0.1) is 0 Å². The van der Waals surface area contributed by atoms with Gasteiger partial charge in [0.25, 0.3) is 0 Å². The van der Waals surface area contributed by atoms with E-state index >= 15 is 0 Å². The average Bonchev–Trinajstić information content (AvgIpc) is 2.51. The molecule has 0 aliphatic heterocycles. The number of nitrogens with zero attached hydrogens (tertiary/aromatic N) is 1. The van der Waals surface area contributed by atoms with Crippen molar-refractivity contribution in [3.8, 4) is 0 Å². The molecular weight excluding hydrogens is 263 g/mol. The molecule has 3 heteroatoms. The summed E-state index contributed by atoms with van der Waals surface area (Å²) in [6.45, 7) is 5.24. The Labute approximate surface area is 126 Å². The van der Waals surface area contributed by atoms with Gasteiger partial charge in [0.15, 0.2) is 0 Å². The highest BCUT2D eigenvalue weighted by Crippen LogP contribution is 2.15. The van der Waals surface area contributed by atoms with Crippen molar-refractivity contribution >= 4 is 0 Å². The minimum absolute atomic E-state index is 0.124. The normalized spacial score (nSPS) is 11.0. The largest absolute Gasteiger partial charge is 0.316 e. The topological polar surface area (TPSA) is 15.3 Å². The van der Waals surface area contributed by atoms with Gasteiger partial charge in [-0.2, -0.15) is 0 Å².